The average Bonchev–Trinajstić information content (AvgIpc) is 3.35. The van der Waals surface area contributed by atoms with Crippen LogP contribution in [0.3, 0.4) is 0 Å². The van der Waals surface area contributed by atoms with E-state index in [2.05, 4.69) is 21.1 Å². The number of rotatable bonds is 9. The van der Waals surface area contributed by atoms with Crippen LogP contribution >= 0.6 is 33.2 Å². The summed E-state index contributed by atoms with van der Waals surface area (Å²) < 4.78 is 47.8. The molecule has 7 nitrogen and oxygen atoms in total. The van der Waals surface area contributed by atoms with Gasteiger partial charge in [0.25, 0.3) is 0 Å². The van der Waals surface area contributed by atoms with Gasteiger partial charge in [-0.2, -0.15) is 5.26 Å². The van der Waals surface area contributed by atoms with Crippen LogP contribution in [0.4, 0.5) is 21.5 Å². The highest BCUT2D eigenvalue weighted by molar-refractivity contribution is 8.77. The zero-order valence-electron chi connectivity index (χ0n) is 18.7. The summed E-state index contributed by atoms with van der Waals surface area (Å²) in [5.74, 6) is 2.04. The van der Waals surface area contributed by atoms with Gasteiger partial charge in [0.15, 0.2) is 0 Å². The van der Waals surface area contributed by atoms with Gasteiger partial charge in [0.1, 0.15) is 17.6 Å². The van der Waals surface area contributed by atoms with Crippen LogP contribution in [-0.4, -0.2) is 37.3 Å². The molecule has 0 atom stereocenters. The third-order valence-corrected chi connectivity index (χ3v) is 9.62. The van der Waals surface area contributed by atoms with Crippen molar-refractivity contribution in [2.45, 2.75) is 13.3 Å². The fraction of sp³-hybridized carbons (Fsp3) is 0.304. The first kappa shape index (κ1) is 25.7. The van der Waals surface area contributed by atoms with Gasteiger partial charge in [0.05, 0.1) is 39.8 Å². The third-order valence-electron chi connectivity index (χ3n) is 5.33. The fourth-order valence-electron chi connectivity index (χ4n) is 3.56. The van der Waals surface area contributed by atoms with Crippen LogP contribution in [0.15, 0.2) is 36.5 Å². The minimum absolute atomic E-state index is 0.00192. The Labute approximate surface area is 216 Å². The maximum atomic E-state index is 13.6. The largest absolute Gasteiger partial charge is 0.492 e. The van der Waals surface area contributed by atoms with Crippen molar-refractivity contribution in [3.05, 3.63) is 52.9 Å². The van der Waals surface area contributed by atoms with Crippen molar-refractivity contribution in [3.63, 3.8) is 0 Å². The van der Waals surface area contributed by atoms with Crippen molar-refractivity contribution in [1.82, 2.24) is 4.98 Å². The molecule has 0 saturated carbocycles. The van der Waals surface area contributed by atoms with E-state index in [-0.39, 0.29) is 22.0 Å². The zero-order valence-corrected chi connectivity index (χ0v) is 21.9. The molecule has 0 aliphatic carbocycles. The number of nitrogens with zero attached hydrogens (tertiary/aromatic N) is 2. The van der Waals surface area contributed by atoms with Gasteiger partial charge < -0.3 is 10.1 Å². The lowest BCUT2D eigenvalue weighted by Gasteiger charge is -2.17. The number of nitrogens with one attached hydrogen (secondary N) is 2. The normalized spacial score (nSPS) is 14.1. The number of aromatic nitrogens is 1. The number of halogens is 2. The number of hydrogen-bond donors (Lipinski definition) is 2. The van der Waals surface area contributed by atoms with Gasteiger partial charge in [0, 0.05) is 34.8 Å². The fourth-order valence-corrected chi connectivity index (χ4v) is 8.00. The third kappa shape index (κ3) is 6.25. The van der Waals surface area contributed by atoms with Gasteiger partial charge in [-0.3, -0.25) is 9.71 Å². The molecule has 0 unspecified atom stereocenters. The number of nitriles is 1. The summed E-state index contributed by atoms with van der Waals surface area (Å²) in [6.07, 6.45) is 1.98. The number of sulfonamides is 1. The Bertz CT molecular complexity index is 1390. The second-order valence-corrected chi connectivity index (χ2v) is 12.7. The molecule has 1 aliphatic rings. The molecule has 1 aliphatic heterocycles. The van der Waals surface area contributed by atoms with Crippen molar-refractivity contribution in [2.24, 2.45) is 5.92 Å². The molecule has 12 heteroatoms. The van der Waals surface area contributed by atoms with Gasteiger partial charge in [-0.1, -0.05) is 33.2 Å². The molecule has 0 bridgehead atoms. The van der Waals surface area contributed by atoms with E-state index in [1.165, 1.54) is 24.4 Å². The molecule has 35 heavy (non-hydrogen) atoms. The average molecular weight is 553 g/mol. The number of benzene rings is 2. The van der Waals surface area contributed by atoms with Crippen LogP contribution in [0.2, 0.25) is 5.02 Å². The van der Waals surface area contributed by atoms with Crippen LogP contribution < -0.4 is 14.8 Å². The molecule has 1 aromatic heterocycles. The Morgan fingerprint density at radius 1 is 1.29 bits per heavy atom. The molecule has 3 aromatic rings. The van der Waals surface area contributed by atoms with E-state index in [1.54, 1.807) is 40.6 Å². The highest BCUT2D eigenvalue weighted by atomic mass is 35.5. The monoisotopic (exact) mass is 552 g/mol. The lowest BCUT2D eigenvalue weighted by atomic mass is 10.1. The molecular formula is C23H22ClFN4O3S3. The molecule has 184 valence electrons. The first-order valence-electron chi connectivity index (χ1n) is 10.8. The Kier molecular flexibility index (Phi) is 8.16. The molecule has 2 N–H and O–H groups in total. The van der Waals surface area contributed by atoms with Crippen LogP contribution in [0, 0.1) is 23.1 Å². The van der Waals surface area contributed by atoms with E-state index in [1.807, 2.05) is 0 Å². The topological polar surface area (TPSA) is 104 Å². The molecular weight excluding hydrogens is 531 g/mol. The van der Waals surface area contributed by atoms with E-state index in [0.29, 0.717) is 47.0 Å². The minimum Gasteiger partial charge on any atom is -0.492 e. The highest BCUT2D eigenvalue weighted by Crippen LogP contribution is 2.38. The Morgan fingerprint density at radius 3 is 2.74 bits per heavy atom. The quantitative estimate of drug-likeness (QED) is 0.303. The van der Waals surface area contributed by atoms with Gasteiger partial charge >= 0.3 is 0 Å². The van der Waals surface area contributed by atoms with E-state index < -0.39 is 15.8 Å². The summed E-state index contributed by atoms with van der Waals surface area (Å²) in [6, 6.07) is 9.43. The highest BCUT2D eigenvalue weighted by Gasteiger charge is 2.22. The van der Waals surface area contributed by atoms with Crippen LogP contribution in [0.25, 0.3) is 10.9 Å². The summed E-state index contributed by atoms with van der Waals surface area (Å²) in [5, 5.41) is 13.2. The summed E-state index contributed by atoms with van der Waals surface area (Å²) in [5.41, 5.74) is 1.83. The maximum Gasteiger partial charge on any atom is 0.232 e. The second-order valence-electron chi connectivity index (χ2n) is 7.86. The number of anilines is 3. The van der Waals surface area contributed by atoms with E-state index in [4.69, 9.17) is 16.3 Å². The van der Waals surface area contributed by atoms with Crippen molar-refractivity contribution < 1.29 is 17.5 Å². The summed E-state index contributed by atoms with van der Waals surface area (Å²) >= 11 is 5.91. The van der Waals surface area contributed by atoms with Crippen molar-refractivity contribution >= 4 is 71.2 Å². The van der Waals surface area contributed by atoms with E-state index >= 15 is 0 Å². The van der Waals surface area contributed by atoms with Crippen molar-refractivity contribution in [1.29, 1.82) is 5.26 Å². The molecule has 2 heterocycles. The zero-order chi connectivity index (χ0) is 25.0. The lowest BCUT2D eigenvalue weighted by molar-refractivity contribution is 0.342. The predicted molar refractivity (Wildman–Crippen MR) is 143 cm³/mol. The summed E-state index contributed by atoms with van der Waals surface area (Å²) in [7, 11) is -0.110. The molecule has 1 fully saturated rings. The molecule has 0 amide bonds. The van der Waals surface area contributed by atoms with Crippen LogP contribution in [0.5, 0.6) is 5.75 Å². The maximum absolute atomic E-state index is 13.6. The van der Waals surface area contributed by atoms with E-state index in [0.717, 1.165) is 11.5 Å². The molecule has 4 rings (SSSR count). The van der Waals surface area contributed by atoms with Gasteiger partial charge in [0.2, 0.25) is 10.0 Å². The number of ether oxygens (including phenoxy) is 1. The standard InChI is InChI=1S/C23H22ClFN4O3S3/c1-2-32-22-9-20-17(8-21(22)29-35(30,31)6-5-14-12-33-34-13-14)23(15(10-26)11-27-20)28-16-3-4-19(25)18(24)7-16/h3-4,7-9,11,14,29H,2,5-6,12-13H2,1H3,(H,27,28). The van der Waals surface area contributed by atoms with E-state index in [9.17, 15) is 18.1 Å². The Balaban J connectivity index is 1.73. The number of fused-ring (bicyclic) bond motifs is 1. The minimum atomic E-state index is -3.64. The van der Waals surface area contributed by atoms with Crippen LogP contribution in [-0.2, 0) is 10.0 Å². The molecule has 0 spiro atoms. The summed E-state index contributed by atoms with van der Waals surface area (Å²) in [6.45, 7) is 2.13. The second kappa shape index (κ2) is 11.1. The van der Waals surface area contributed by atoms with Crippen molar-refractivity contribution in [2.75, 3.05) is 33.9 Å². The molecule has 0 radical (unpaired) electrons. The Morgan fingerprint density at radius 2 is 2.06 bits per heavy atom. The Hall–Kier alpha value is -2.39. The first-order valence-corrected chi connectivity index (χ1v) is 15.3. The lowest BCUT2D eigenvalue weighted by Crippen LogP contribution is -2.20. The van der Waals surface area contributed by atoms with Gasteiger partial charge in [-0.15, -0.1) is 0 Å². The smallest absolute Gasteiger partial charge is 0.232 e. The van der Waals surface area contributed by atoms with Crippen LogP contribution in [0.1, 0.15) is 18.9 Å². The molecule has 2 aromatic carbocycles. The van der Waals surface area contributed by atoms with Crippen molar-refractivity contribution in [3.8, 4) is 11.8 Å². The number of hydrogen-bond acceptors (Lipinski definition) is 8. The number of pyridine rings is 1. The summed E-state index contributed by atoms with van der Waals surface area (Å²) in [4.78, 5) is 4.34. The molecule has 1 saturated heterocycles. The van der Waals surface area contributed by atoms with Gasteiger partial charge in [-0.05, 0) is 43.5 Å². The first-order chi connectivity index (χ1) is 16.8. The predicted octanol–water partition coefficient (Wildman–Crippen LogP) is 6.18. The van der Waals surface area contributed by atoms with Gasteiger partial charge in [-0.25, -0.2) is 12.8 Å². The SMILES string of the molecule is CCOc1cc2ncc(C#N)c(Nc3ccc(F)c(Cl)c3)c2cc1NS(=O)(=O)CCC1CSSC1.